The third-order valence-electron chi connectivity index (χ3n) is 2.55. The standard InChI is InChI=1S/C13H19N3S/c1-13(2,3)11-5-4-10(17-11)8-14-9-12-15-6-7-16-12/h4-7,14H,8-9H2,1-3H3,(H,15,16). The fourth-order valence-corrected chi connectivity index (χ4v) is 2.61. The molecule has 0 amide bonds. The number of H-pyrrole nitrogens is 1. The van der Waals surface area contributed by atoms with Crippen LogP contribution in [0, 0.1) is 0 Å². The SMILES string of the molecule is CC(C)(C)c1ccc(CNCc2ncc[nH]2)s1. The van der Waals surface area contributed by atoms with Gasteiger partial charge in [0.1, 0.15) is 5.82 Å². The van der Waals surface area contributed by atoms with E-state index in [2.05, 4.69) is 48.2 Å². The molecule has 0 fully saturated rings. The molecular weight excluding hydrogens is 230 g/mol. The highest BCUT2D eigenvalue weighted by Crippen LogP contribution is 2.29. The van der Waals surface area contributed by atoms with Gasteiger partial charge in [-0.1, -0.05) is 20.8 Å². The molecule has 0 bridgehead atoms. The van der Waals surface area contributed by atoms with Crippen LogP contribution >= 0.6 is 11.3 Å². The molecule has 2 aromatic rings. The number of thiophene rings is 1. The Balaban J connectivity index is 1.85. The van der Waals surface area contributed by atoms with E-state index in [-0.39, 0.29) is 5.41 Å². The van der Waals surface area contributed by atoms with Crippen LogP contribution in [0.2, 0.25) is 0 Å². The lowest BCUT2D eigenvalue weighted by Crippen LogP contribution is -2.12. The number of aromatic amines is 1. The number of hydrogen-bond donors (Lipinski definition) is 2. The van der Waals surface area contributed by atoms with E-state index in [9.17, 15) is 0 Å². The van der Waals surface area contributed by atoms with Gasteiger partial charge in [-0.2, -0.15) is 0 Å². The molecule has 0 atom stereocenters. The van der Waals surface area contributed by atoms with Crippen LogP contribution < -0.4 is 5.32 Å². The molecule has 4 heteroatoms. The van der Waals surface area contributed by atoms with Crippen LogP contribution in [0.5, 0.6) is 0 Å². The quantitative estimate of drug-likeness (QED) is 0.874. The van der Waals surface area contributed by atoms with Crippen molar-refractivity contribution in [1.29, 1.82) is 0 Å². The second kappa shape index (κ2) is 5.02. The maximum Gasteiger partial charge on any atom is 0.120 e. The molecule has 92 valence electrons. The monoisotopic (exact) mass is 249 g/mol. The van der Waals surface area contributed by atoms with E-state index in [0.29, 0.717) is 0 Å². The average Bonchev–Trinajstić information content (AvgIpc) is 2.86. The van der Waals surface area contributed by atoms with Gasteiger partial charge in [-0.3, -0.25) is 0 Å². The first-order valence-corrected chi connectivity index (χ1v) is 6.65. The smallest absolute Gasteiger partial charge is 0.120 e. The van der Waals surface area contributed by atoms with Gasteiger partial charge in [-0.25, -0.2) is 4.98 Å². The van der Waals surface area contributed by atoms with Gasteiger partial charge in [-0.15, -0.1) is 11.3 Å². The highest BCUT2D eigenvalue weighted by molar-refractivity contribution is 7.12. The maximum atomic E-state index is 4.18. The molecule has 0 unspecified atom stereocenters. The summed E-state index contributed by atoms with van der Waals surface area (Å²) in [6.45, 7) is 8.44. The van der Waals surface area contributed by atoms with E-state index < -0.39 is 0 Å². The molecule has 0 radical (unpaired) electrons. The van der Waals surface area contributed by atoms with Crippen molar-refractivity contribution in [1.82, 2.24) is 15.3 Å². The molecule has 0 aliphatic rings. The van der Waals surface area contributed by atoms with E-state index in [1.807, 2.05) is 17.5 Å². The zero-order valence-corrected chi connectivity index (χ0v) is 11.4. The summed E-state index contributed by atoms with van der Waals surface area (Å²) >= 11 is 1.88. The molecule has 3 nitrogen and oxygen atoms in total. The van der Waals surface area contributed by atoms with Gasteiger partial charge < -0.3 is 10.3 Å². The highest BCUT2D eigenvalue weighted by Gasteiger charge is 2.15. The molecule has 17 heavy (non-hydrogen) atoms. The fourth-order valence-electron chi connectivity index (χ4n) is 1.57. The molecule has 0 aliphatic carbocycles. The van der Waals surface area contributed by atoms with Crippen LogP contribution in [-0.2, 0) is 18.5 Å². The number of aromatic nitrogens is 2. The average molecular weight is 249 g/mol. The molecule has 2 heterocycles. The summed E-state index contributed by atoms with van der Waals surface area (Å²) < 4.78 is 0. The summed E-state index contributed by atoms with van der Waals surface area (Å²) in [6.07, 6.45) is 3.62. The molecule has 2 N–H and O–H groups in total. The minimum Gasteiger partial charge on any atom is -0.348 e. The number of hydrogen-bond acceptors (Lipinski definition) is 3. The number of rotatable bonds is 4. The van der Waals surface area contributed by atoms with Gasteiger partial charge >= 0.3 is 0 Å². The summed E-state index contributed by atoms with van der Waals surface area (Å²) in [5.74, 6) is 0.984. The Hall–Kier alpha value is -1.13. The summed E-state index contributed by atoms with van der Waals surface area (Å²) in [5, 5.41) is 3.39. The molecule has 0 spiro atoms. The van der Waals surface area contributed by atoms with Crippen LogP contribution in [0.1, 0.15) is 36.3 Å². The summed E-state index contributed by atoms with van der Waals surface area (Å²) in [5.41, 5.74) is 0.254. The minimum atomic E-state index is 0.254. The van der Waals surface area contributed by atoms with Crippen molar-refractivity contribution >= 4 is 11.3 Å². The van der Waals surface area contributed by atoms with Crippen LogP contribution in [0.15, 0.2) is 24.5 Å². The maximum absolute atomic E-state index is 4.18. The van der Waals surface area contributed by atoms with E-state index in [1.165, 1.54) is 9.75 Å². The Morgan fingerprint density at radius 2 is 2.12 bits per heavy atom. The Morgan fingerprint density at radius 1 is 1.29 bits per heavy atom. The van der Waals surface area contributed by atoms with Crippen LogP contribution in [0.4, 0.5) is 0 Å². The number of nitrogens with one attached hydrogen (secondary N) is 2. The van der Waals surface area contributed by atoms with Crippen LogP contribution in [-0.4, -0.2) is 9.97 Å². The summed E-state index contributed by atoms with van der Waals surface area (Å²) in [4.78, 5) is 10.1. The first-order valence-electron chi connectivity index (χ1n) is 5.84. The Labute approximate surface area is 106 Å². The lowest BCUT2D eigenvalue weighted by molar-refractivity contribution is 0.604. The molecule has 0 aliphatic heterocycles. The van der Waals surface area contributed by atoms with Crippen molar-refractivity contribution in [3.8, 4) is 0 Å². The second-order valence-electron chi connectivity index (χ2n) is 5.16. The van der Waals surface area contributed by atoms with Gasteiger partial charge in [-0.05, 0) is 17.5 Å². The normalized spacial score (nSPS) is 11.9. The van der Waals surface area contributed by atoms with Crippen LogP contribution in [0.3, 0.4) is 0 Å². The number of nitrogens with zero attached hydrogens (tertiary/aromatic N) is 1. The predicted molar refractivity (Wildman–Crippen MR) is 72.2 cm³/mol. The first-order chi connectivity index (χ1) is 8.05. The van der Waals surface area contributed by atoms with E-state index in [1.54, 1.807) is 6.20 Å². The Kier molecular flexibility index (Phi) is 3.64. The summed E-state index contributed by atoms with van der Waals surface area (Å²) in [7, 11) is 0. The van der Waals surface area contributed by atoms with Crippen molar-refractivity contribution in [3.63, 3.8) is 0 Å². The third kappa shape index (κ3) is 3.41. The lowest BCUT2D eigenvalue weighted by Gasteiger charge is -2.15. The zero-order valence-electron chi connectivity index (χ0n) is 10.6. The van der Waals surface area contributed by atoms with Gasteiger partial charge in [0.05, 0.1) is 6.54 Å². The largest absolute Gasteiger partial charge is 0.348 e. The van der Waals surface area contributed by atoms with Gasteiger partial charge in [0.15, 0.2) is 0 Å². The Morgan fingerprint density at radius 3 is 2.71 bits per heavy atom. The summed E-state index contributed by atoms with van der Waals surface area (Å²) in [6, 6.07) is 4.44. The first kappa shape index (κ1) is 12.3. The van der Waals surface area contributed by atoms with Crippen LogP contribution in [0.25, 0.3) is 0 Å². The van der Waals surface area contributed by atoms with Crippen molar-refractivity contribution in [2.24, 2.45) is 0 Å². The Bertz CT molecular complexity index is 451. The van der Waals surface area contributed by atoms with Gasteiger partial charge in [0, 0.05) is 28.7 Å². The van der Waals surface area contributed by atoms with Gasteiger partial charge in [0.25, 0.3) is 0 Å². The van der Waals surface area contributed by atoms with E-state index >= 15 is 0 Å². The second-order valence-corrected chi connectivity index (χ2v) is 6.32. The molecule has 2 aromatic heterocycles. The highest BCUT2D eigenvalue weighted by atomic mass is 32.1. The molecule has 2 rings (SSSR count). The van der Waals surface area contributed by atoms with Crippen molar-refractivity contribution in [2.75, 3.05) is 0 Å². The molecular formula is C13H19N3S. The lowest BCUT2D eigenvalue weighted by atomic mass is 9.95. The van der Waals surface area contributed by atoms with Gasteiger partial charge in [0.2, 0.25) is 0 Å². The van der Waals surface area contributed by atoms with Crippen molar-refractivity contribution < 1.29 is 0 Å². The molecule has 0 saturated heterocycles. The fraction of sp³-hybridized carbons (Fsp3) is 0.462. The van der Waals surface area contributed by atoms with E-state index in [0.717, 1.165) is 18.9 Å². The minimum absolute atomic E-state index is 0.254. The third-order valence-corrected chi connectivity index (χ3v) is 4.06. The molecule has 0 saturated carbocycles. The molecule has 0 aromatic carbocycles. The predicted octanol–water partition coefficient (Wildman–Crippen LogP) is 3.06. The topological polar surface area (TPSA) is 40.7 Å². The zero-order chi connectivity index (χ0) is 12.3. The van der Waals surface area contributed by atoms with E-state index in [4.69, 9.17) is 0 Å². The van der Waals surface area contributed by atoms with Crippen molar-refractivity contribution in [2.45, 2.75) is 39.3 Å². The number of imidazole rings is 1. The van der Waals surface area contributed by atoms with Crippen molar-refractivity contribution in [3.05, 3.63) is 40.1 Å².